The number of nitrogens with one attached hydrogen (secondary N) is 1. The van der Waals surface area contributed by atoms with Crippen LogP contribution in [0.25, 0.3) is 0 Å². The molecule has 1 aliphatic rings. The predicted octanol–water partition coefficient (Wildman–Crippen LogP) is 2.79. The van der Waals surface area contributed by atoms with E-state index in [-0.39, 0.29) is 6.10 Å². The first-order valence-corrected chi connectivity index (χ1v) is 7.43. The lowest BCUT2D eigenvalue weighted by molar-refractivity contribution is -0.0191. The summed E-state index contributed by atoms with van der Waals surface area (Å²) in [6.45, 7) is 8.81. The zero-order chi connectivity index (χ0) is 14.5. The molecule has 1 fully saturated rings. The molecule has 0 bridgehead atoms. The van der Waals surface area contributed by atoms with Gasteiger partial charge in [0.1, 0.15) is 5.75 Å². The number of nitrogens with zero attached hydrogens (tertiary/aromatic N) is 1. The van der Waals surface area contributed by atoms with Crippen LogP contribution in [0.4, 0.5) is 5.69 Å². The SMILES string of the molecule is CCN1CCOC(CNc2cc(C)c(Cl)cc2OC)C1. The predicted molar refractivity (Wildman–Crippen MR) is 83.1 cm³/mol. The first-order valence-electron chi connectivity index (χ1n) is 7.06. The van der Waals surface area contributed by atoms with E-state index in [2.05, 4.69) is 17.1 Å². The van der Waals surface area contributed by atoms with Crippen LogP contribution in [0.1, 0.15) is 12.5 Å². The van der Waals surface area contributed by atoms with Crippen LogP contribution in [-0.2, 0) is 4.74 Å². The van der Waals surface area contributed by atoms with Gasteiger partial charge in [-0.25, -0.2) is 0 Å². The average Bonchev–Trinajstić information content (AvgIpc) is 2.48. The van der Waals surface area contributed by atoms with Gasteiger partial charge in [0.25, 0.3) is 0 Å². The summed E-state index contributed by atoms with van der Waals surface area (Å²) < 4.78 is 11.2. The van der Waals surface area contributed by atoms with Crippen molar-refractivity contribution in [1.82, 2.24) is 4.90 Å². The fourth-order valence-electron chi connectivity index (χ4n) is 2.39. The second-order valence-electron chi connectivity index (χ2n) is 5.07. The van der Waals surface area contributed by atoms with Gasteiger partial charge in [-0.05, 0) is 25.1 Å². The van der Waals surface area contributed by atoms with E-state index in [1.807, 2.05) is 19.1 Å². The zero-order valence-electron chi connectivity index (χ0n) is 12.4. The maximum Gasteiger partial charge on any atom is 0.143 e. The summed E-state index contributed by atoms with van der Waals surface area (Å²) in [4.78, 5) is 2.40. The zero-order valence-corrected chi connectivity index (χ0v) is 13.2. The number of morpholine rings is 1. The van der Waals surface area contributed by atoms with Crippen molar-refractivity contribution in [2.45, 2.75) is 20.0 Å². The van der Waals surface area contributed by atoms with E-state index < -0.39 is 0 Å². The number of ether oxygens (including phenoxy) is 2. The van der Waals surface area contributed by atoms with E-state index in [4.69, 9.17) is 21.1 Å². The molecule has 2 rings (SSSR count). The van der Waals surface area contributed by atoms with Gasteiger partial charge in [0.2, 0.25) is 0 Å². The molecule has 20 heavy (non-hydrogen) atoms. The van der Waals surface area contributed by atoms with E-state index in [9.17, 15) is 0 Å². The molecule has 112 valence electrons. The van der Waals surface area contributed by atoms with Gasteiger partial charge in [-0.1, -0.05) is 18.5 Å². The molecule has 1 saturated heterocycles. The van der Waals surface area contributed by atoms with Gasteiger partial charge in [-0.2, -0.15) is 0 Å². The number of anilines is 1. The fourth-order valence-corrected chi connectivity index (χ4v) is 2.54. The first kappa shape index (κ1) is 15.4. The molecule has 0 amide bonds. The lowest BCUT2D eigenvalue weighted by Crippen LogP contribution is -2.45. The van der Waals surface area contributed by atoms with Crippen LogP contribution >= 0.6 is 11.6 Å². The van der Waals surface area contributed by atoms with Gasteiger partial charge in [0.15, 0.2) is 0 Å². The van der Waals surface area contributed by atoms with Crippen molar-refractivity contribution in [2.75, 3.05) is 45.2 Å². The number of likely N-dealkylation sites (N-methyl/N-ethyl adjacent to an activating group) is 1. The van der Waals surface area contributed by atoms with Gasteiger partial charge >= 0.3 is 0 Å². The summed E-state index contributed by atoms with van der Waals surface area (Å²) in [6, 6.07) is 3.86. The Balaban J connectivity index is 1.98. The summed E-state index contributed by atoms with van der Waals surface area (Å²) in [7, 11) is 1.65. The normalized spacial score (nSPS) is 19.9. The van der Waals surface area contributed by atoms with Crippen LogP contribution in [0.2, 0.25) is 5.02 Å². The minimum Gasteiger partial charge on any atom is -0.495 e. The van der Waals surface area contributed by atoms with Crippen molar-refractivity contribution in [3.05, 3.63) is 22.7 Å². The Bertz CT molecular complexity index is 454. The van der Waals surface area contributed by atoms with Crippen LogP contribution in [0.15, 0.2) is 12.1 Å². The van der Waals surface area contributed by atoms with Crippen LogP contribution in [0.3, 0.4) is 0 Å². The molecule has 0 radical (unpaired) electrons. The third-order valence-electron chi connectivity index (χ3n) is 3.67. The summed E-state index contributed by atoms with van der Waals surface area (Å²) in [5, 5.41) is 4.13. The number of benzene rings is 1. The molecule has 1 aromatic rings. The van der Waals surface area contributed by atoms with Gasteiger partial charge in [0.05, 0.1) is 25.5 Å². The molecule has 1 aromatic carbocycles. The molecule has 5 heteroatoms. The summed E-state index contributed by atoms with van der Waals surface area (Å²) in [6.07, 6.45) is 0.212. The minimum atomic E-state index is 0.212. The second-order valence-corrected chi connectivity index (χ2v) is 5.48. The first-order chi connectivity index (χ1) is 9.63. The highest BCUT2D eigenvalue weighted by Gasteiger charge is 2.19. The Labute approximate surface area is 126 Å². The van der Waals surface area contributed by atoms with E-state index >= 15 is 0 Å². The van der Waals surface area contributed by atoms with Crippen molar-refractivity contribution in [3.63, 3.8) is 0 Å². The third kappa shape index (κ3) is 3.78. The number of hydrogen-bond donors (Lipinski definition) is 1. The standard InChI is InChI=1S/C15H23ClN2O2/c1-4-18-5-6-20-12(10-18)9-17-14-7-11(2)13(16)8-15(14)19-3/h7-8,12,17H,4-6,9-10H2,1-3H3. The van der Waals surface area contributed by atoms with E-state index in [1.165, 1.54) is 0 Å². The average molecular weight is 299 g/mol. The number of aryl methyl sites for hydroxylation is 1. The molecule has 4 nitrogen and oxygen atoms in total. The van der Waals surface area contributed by atoms with Crippen LogP contribution in [-0.4, -0.2) is 50.9 Å². The number of methoxy groups -OCH3 is 1. The maximum atomic E-state index is 6.11. The quantitative estimate of drug-likeness (QED) is 0.906. The Morgan fingerprint density at radius 3 is 3.00 bits per heavy atom. The topological polar surface area (TPSA) is 33.7 Å². The molecule has 0 spiro atoms. The Morgan fingerprint density at radius 2 is 2.30 bits per heavy atom. The van der Waals surface area contributed by atoms with E-state index in [0.717, 1.165) is 54.8 Å². The maximum absolute atomic E-state index is 6.11. The van der Waals surface area contributed by atoms with E-state index in [0.29, 0.717) is 0 Å². The molecule has 1 N–H and O–H groups in total. The summed E-state index contributed by atoms with van der Waals surface area (Å²) >= 11 is 6.11. The van der Waals surface area contributed by atoms with Crippen molar-refractivity contribution in [3.8, 4) is 5.75 Å². The monoisotopic (exact) mass is 298 g/mol. The lowest BCUT2D eigenvalue weighted by atomic mass is 10.2. The Hall–Kier alpha value is -0.970. The summed E-state index contributed by atoms with van der Waals surface area (Å²) in [5.74, 6) is 0.767. The Morgan fingerprint density at radius 1 is 1.50 bits per heavy atom. The highest BCUT2D eigenvalue weighted by molar-refractivity contribution is 6.31. The van der Waals surface area contributed by atoms with Gasteiger partial charge in [0, 0.05) is 30.7 Å². The van der Waals surface area contributed by atoms with Crippen molar-refractivity contribution in [1.29, 1.82) is 0 Å². The Kier molecular flexibility index (Phi) is 5.52. The molecular weight excluding hydrogens is 276 g/mol. The smallest absolute Gasteiger partial charge is 0.143 e. The highest BCUT2D eigenvalue weighted by atomic mass is 35.5. The molecular formula is C15H23ClN2O2. The largest absolute Gasteiger partial charge is 0.495 e. The molecule has 0 aromatic heterocycles. The van der Waals surface area contributed by atoms with Crippen molar-refractivity contribution < 1.29 is 9.47 Å². The molecule has 0 aliphatic carbocycles. The molecule has 1 atom stereocenters. The summed E-state index contributed by atoms with van der Waals surface area (Å²) in [5.41, 5.74) is 2.00. The van der Waals surface area contributed by atoms with Gasteiger partial charge in [-0.15, -0.1) is 0 Å². The van der Waals surface area contributed by atoms with Gasteiger partial charge in [-0.3, -0.25) is 4.90 Å². The van der Waals surface area contributed by atoms with Gasteiger partial charge < -0.3 is 14.8 Å². The van der Waals surface area contributed by atoms with Crippen LogP contribution < -0.4 is 10.1 Å². The highest BCUT2D eigenvalue weighted by Crippen LogP contribution is 2.30. The second kappa shape index (κ2) is 7.16. The minimum absolute atomic E-state index is 0.212. The number of rotatable bonds is 5. The van der Waals surface area contributed by atoms with Crippen LogP contribution in [0.5, 0.6) is 5.75 Å². The molecule has 1 heterocycles. The number of halogens is 1. The number of hydrogen-bond acceptors (Lipinski definition) is 4. The molecule has 1 unspecified atom stereocenters. The van der Waals surface area contributed by atoms with Crippen molar-refractivity contribution >= 4 is 17.3 Å². The fraction of sp³-hybridized carbons (Fsp3) is 0.600. The third-order valence-corrected chi connectivity index (χ3v) is 4.08. The molecule has 1 aliphatic heterocycles. The van der Waals surface area contributed by atoms with Crippen molar-refractivity contribution in [2.24, 2.45) is 0 Å². The van der Waals surface area contributed by atoms with Crippen LogP contribution in [0, 0.1) is 6.92 Å². The lowest BCUT2D eigenvalue weighted by Gasteiger charge is -2.32. The molecule has 0 saturated carbocycles. The van der Waals surface area contributed by atoms with E-state index in [1.54, 1.807) is 7.11 Å².